The normalized spacial score (nSPS) is 23.8. The standard InChI is InChI=1S/C19H23N3OS/c23-18(22-11-5-7-14-6-1-2-9-17(14)22)12-15-13-24-19(21-15)16-8-3-4-10-20-16/h3-4,8,10,13-14,17H,1-2,5-7,9,11-12H2/t14-,17+/m0/s1. The molecule has 24 heavy (non-hydrogen) atoms. The van der Waals surface area contributed by atoms with E-state index in [9.17, 15) is 4.79 Å². The number of fused-ring (bicyclic) bond motifs is 1. The van der Waals surface area contributed by atoms with E-state index in [0.717, 1.165) is 35.3 Å². The molecule has 1 amide bonds. The van der Waals surface area contributed by atoms with Gasteiger partial charge in [0.05, 0.1) is 17.8 Å². The second-order valence-corrected chi connectivity index (χ2v) is 7.74. The molecule has 0 unspecified atom stereocenters. The molecule has 1 saturated heterocycles. The van der Waals surface area contributed by atoms with Crippen molar-refractivity contribution in [3.8, 4) is 10.7 Å². The van der Waals surface area contributed by atoms with Crippen molar-refractivity contribution < 1.29 is 4.79 Å². The van der Waals surface area contributed by atoms with Crippen molar-refractivity contribution in [2.75, 3.05) is 6.54 Å². The van der Waals surface area contributed by atoms with Gasteiger partial charge in [0.25, 0.3) is 0 Å². The van der Waals surface area contributed by atoms with Crippen molar-refractivity contribution in [1.82, 2.24) is 14.9 Å². The van der Waals surface area contributed by atoms with Gasteiger partial charge in [-0.25, -0.2) is 4.98 Å². The third kappa shape index (κ3) is 3.22. The van der Waals surface area contributed by atoms with Gasteiger partial charge in [-0.2, -0.15) is 0 Å². The van der Waals surface area contributed by atoms with Gasteiger partial charge in [0.15, 0.2) is 0 Å². The molecule has 3 heterocycles. The number of hydrogen-bond donors (Lipinski definition) is 0. The number of amides is 1. The van der Waals surface area contributed by atoms with Crippen LogP contribution >= 0.6 is 11.3 Å². The van der Waals surface area contributed by atoms with Crippen LogP contribution in [-0.4, -0.2) is 33.4 Å². The molecule has 1 aliphatic carbocycles. The lowest BCUT2D eigenvalue weighted by Crippen LogP contribution is -2.50. The van der Waals surface area contributed by atoms with Crippen LogP contribution in [0.2, 0.25) is 0 Å². The first-order valence-electron chi connectivity index (χ1n) is 8.96. The Balaban J connectivity index is 1.45. The van der Waals surface area contributed by atoms with Gasteiger partial charge >= 0.3 is 0 Å². The summed E-state index contributed by atoms with van der Waals surface area (Å²) in [6, 6.07) is 6.31. The molecular weight excluding hydrogens is 318 g/mol. The van der Waals surface area contributed by atoms with Crippen LogP contribution in [0.15, 0.2) is 29.8 Å². The number of rotatable bonds is 3. The largest absolute Gasteiger partial charge is 0.339 e. The number of carbonyl (C=O) groups excluding carboxylic acids is 1. The third-order valence-corrected chi connectivity index (χ3v) is 6.25. The summed E-state index contributed by atoms with van der Waals surface area (Å²) < 4.78 is 0. The number of piperidine rings is 1. The highest BCUT2D eigenvalue weighted by atomic mass is 32.1. The fourth-order valence-electron chi connectivity index (χ4n) is 4.19. The molecule has 0 radical (unpaired) electrons. The summed E-state index contributed by atoms with van der Waals surface area (Å²) >= 11 is 1.57. The Morgan fingerprint density at radius 2 is 2.08 bits per heavy atom. The highest BCUT2D eigenvalue weighted by molar-refractivity contribution is 7.13. The van der Waals surface area contributed by atoms with Gasteiger partial charge < -0.3 is 4.90 Å². The Hall–Kier alpha value is -1.75. The van der Waals surface area contributed by atoms with Crippen LogP contribution in [0.1, 0.15) is 44.2 Å². The Morgan fingerprint density at radius 3 is 2.96 bits per heavy atom. The lowest BCUT2D eigenvalue weighted by atomic mass is 9.78. The number of thiazole rings is 1. The maximum Gasteiger partial charge on any atom is 0.228 e. The van der Waals surface area contributed by atoms with Crippen LogP contribution in [0.3, 0.4) is 0 Å². The molecule has 0 aromatic carbocycles. The van der Waals surface area contributed by atoms with Gasteiger partial charge in [-0.15, -0.1) is 11.3 Å². The van der Waals surface area contributed by atoms with E-state index < -0.39 is 0 Å². The first-order chi connectivity index (χ1) is 11.8. The van der Waals surface area contributed by atoms with Crippen molar-refractivity contribution in [3.05, 3.63) is 35.5 Å². The number of carbonyl (C=O) groups is 1. The third-order valence-electron chi connectivity index (χ3n) is 5.33. The van der Waals surface area contributed by atoms with Gasteiger partial charge in [-0.05, 0) is 43.7 Å². The van der Waals surface area contributed by atoms with E-state index in [0.29, 0.717) is 12.5 Å². The molecule has 2 aromatic rings. The highest BCUT2D eigenvalue weighted by Crippen LogP contribution is 2.35. The van der Waals surface area contributed by atoms with Crippen LogP contribution in [0, 0.1) is 5.92 Å². The minimum absolute atomic E-state index is 0.254. The first kappa shape index (κ1) is 15.8. The summed E-state index contributed by atoms with van der Waals surface area (Å²) in [6.45, 7) is 0.928. The van der Waals surface area contributed by atoms with Gasteiger partial charge in [0, 0.05) is 24.2 Å². The van der Waals surface area contributed by atoms with Gasteiger partial charge in [0.1, 0.15) is 5.01 Å². The minimum Gasteiger partial charge on any atom is -0.339 e. The molecule has 0 bridgehead atoms. The number of hydrogen-bond acceptors (Lipinski definition) is 4. The van der Waals surface area contributed by atoms with E-state index in [1.165, 1.54) is 32.1 Å². The molecule has 5 heteroatoms. The second kappa shape index (κ2) is 7.01. The first-order valence-corrected chi connectivity index (χ1v) is 9.84. The summed E-state index contributed by atoms with van der Waals surface area (Å²) in [5, 5.41) is 2.90. The average molecular weight is 341 g/mol. The summed E-state index contributed by atoms with van der Waals surface area (Å²) in [5.41, 5.74) is 1.76. The molecule has 2 fully saturated rings. The van der Waals surface area contributed by atoms with Gasteiger partial charge in [-0.3, -0.25) is 9.78 Å². The molecule has 4 rings (SSSR count). The second-order valence-electron chi connectivity index (χ2n) is 6.88. The zero-order chi connectivity index (χ0) is 16.4. The number of pyridine rings is 1. The predicted molar refractivity (Wildman–Crippen MR) is 95.7 cm³/mol. The van der Waals surface area contributed by atoms with E-state index in [4.69, 9.17) is 0 Å². The van der Waals surface area contributed by atoms with Crippen LogP contribution in [0.25, 0.3) is 10.7 Å². The van der Waals surface area contributed by atoms with Gasteiger partial charge in [-0.1, -0.05) is 18.9 Å². The van der Waals surface area contributed by atoms with Crippen molar-refractivity contribution in [2.24, 2.45) is 5.92 Å². The minimum atomic E-state index is 0.254. The molecule has 2 aromatic heterocycles. The molecule has 1 saturated carbocycles. The van der Waals surface area contributed by atoms with Crippen molar-refractivity contribution in [2.45, 2.75) is 51.0 Å². The summed E-state index contributed by atoms with van der Waals surface area (Å²) in [5.74, 6) is 0.987. The fourth-order valence-corrected chi connectivity index (χ4v) is 4.98. The fraction of sp³-hybridized carbons (Fsp3) is 0.526. The topological polar surface area (TPSA) is 46.1 Å². The molecule has 4 nitrogen and oxygen atoms in total. The summed E-state index contributed by atoms with van der Waals surface area (Å²) in [7, 11) is 0. The number of aromatic nitrogens is 2. The van der Waals surface area contributed by atoms with Crippen molar-refractivity contribution in [3.63, 3.8) is 0 Å². The lowest BCUT2D eigenvalue weighted by Gasteiger charge is -2.44. The zero-order valence-electron chi connectivity index (χ0n) is 13.9. The Labute approximate surface area is 146 Å². The molecule has 0 N–H and O–H groups in total. The van der Waals surface area contributed by atoms with E-state index in [1.807, 2.05) is 23.6 Å². The molecule has 2 atom stereocenters. The monoisotopic (exact) mass is 341 g/mol. The van der Waals surface area contributed by atoms with Crippen LogP contribution in [0.5, 0.6) is 0 Å². The highest BCUT2D eigenvalue weighted by Gasteiger charge is 2.35. The number of likely N-dealkylation sites (tertiary alicyclic amines) is 1. The molecular formula is C19H23N3OS. The Bertz CT molecular complexity index is 698. The number of nitrogens with zero attached hydrogens (tertiary/aromatic N) is 3. The quantitative estimate of drug-likeness (QED) is 0.850. The van der Waals surface area contributed by atoms with Crippen LogP contribution in [-0.2, 0) is 11.2 Å². The maximum atomic E-state index is 12.8. The van der Waals surface area contributed by atoms with E-state index >= 15 is 0 Å². The van der Waals surface area contributed by atoms with Gasteiger partial charge in [0.2, 0.25) is 5.91 Å². The predicted octanol–water partition coefficient (Wildman–Crippen LogP) is 3.93. The maximum absolute atomic E-state index is 12.8. The van der Waals surface area contributed by atoms with E-state index in [1.54, 1.807) is 17.5 Å². The zero-order valence-corrected chi connectivity index (χ0v) is 14.7. The molecule has 0 spiro atoms. The molecule has 1 aliphatic heterocycles. The smallest absolute Gasteiger partial charge is 0.228 e. The SMILES string of the molecule is O=C(Cc1csc(-c2ccccn2)n1)N1CCC[C@@H]2CCCC[C@H]21. The lowest BCUT2D eigenvalue weighted by molar-refractivity contribution is -0.136. The van der Waals surface area contributed by atoms with E-state index in [2.05, 4.69) is 14.9 Å². The van der Waals surface area contributed by atoms with Crippen molar-refractivity contribution >= 4 is 17.2 Å². The molecule has 126 valence electrons. The van der Waals surface area contributed by atoms with Crippen LogP contribution < -0.4 is 0 Å². The molecule has 2 aliphatic rings. The summed E-state index contributed by atoms with van der Waals surface area (Å²) in [4.78, 5) is 24.0. The average Bonchev–Trinajstić information content (AvgIpc) is 3.10. The van der Waals surface area contributed by atoms with Crippen molar-refractivity contribution in [1.29, 1.82) is 0 Å². The van der Waals surface area contributed by atoms with Crippen LogP contribution in [0.4, 0.5) is 0 Å². The van der Waals surface area contributed by atoms with E-state index in [-0.39, 0.29) is 5.91 Å². The summed E-state index contributed by atoms with van der Waals surface area (Å²) in [6.07, 6.45) is 9.75. The Morgan fingerprint density at radius 1 is 1.21 bits per heavy atom. The Kier molecular flexibility index (Phi) is 4.60.